The van der Waals surface area contributed by atoms with Gasteiger partial charge in [0, 0.05) is 23.6 Å². The van der Waals surface area contributed by atoms with Crippen molar-refractivity contribution in [1.82, 2.24) is 4.98 Å². The second-order valence-corrected chi connectivity index (χ2v) is 6.61. The Hall–Kier alpha value is -3.13. The van der Waals surface area contributed by atoms with Gasteiger partial charge in [-0.3, -0.25) is 9.59 Å². The first-order valence-corrected chi connectivity index (χ1v) is 8.86. The van der Waals surface area contributed by atoms with E-state index in [9.17, 15) is 18.4 Å². The van der Waals surface area contributed by atoms with Gasteiger partial charge in [-0.2, -0.15) is 0 Å². The number of rotatable bonds is 5. The summed E-state index contributed by atoms with van der Waals surface area (Å²) in [6, 6.07) is 9.93. The minimum Gasteiger partial charge on any atom is -0.326 e. The zero-order valence-electron chi connectivity index (χ0n) is 14.3. The standard InChI is InChI=1S/C19H15F2N3O2S/c1-11(25)22-14-5-6-16(21)17(8-14)24-18(26)9-15-10-27-19(23-15)12-3-2-4-13(20)7-12/h2-8,10H,9H2,1H3,(H,22,25)(H,24,26). The quantitative estimate of drug-likeness (QED) is 0.688. The summed E-state index contributed by atoms with van der Waals surface area (Å²) in [6.07, 6.45) is -0.0599. The van der Waals surface area contributed by atoms with Crippen molar-refractivity contribution in [2.75, 3.05) is 10.6 Å². The van der Waals surface area contributed by atoms with Gasteiger partial charge in [0.1, 0.15) is 16.6 Å². The van der Waals surface area contributed by atoms with E-state index in [2.05, 4.69) is 15.6 Å². The van der Waals surface area contributed by atoms with Gasteiger partial charge in [-0.05, 0) is 30.3 Å². The molecule has 0 fully saturated rings. The monoisotopic (exact) mass is 387 g/mol. The topological polar surface area (TPSA) is 71.1 Å². The molecule has 2 aromatic carbocycles. The highest BCUT2D eigenvalue weighted by atomic mass is 32.1. The molecule has 138 valence electrons. The molecule has 0 unspecified atom stereocenters. The van der Waals surface area contributed by atoms with Crippen LogP contribution in [-0.4, -0.2) is 16.8 Å². The summed E-state index contributed by atoms with van der Waals surface area (Å²) in [5.41, 5.74) is 1.46. The zero-order chi connectivity index (χ0) is 19.4. The Balaban J connectivity index is 1.69. The third-order valence-electron chi connectivity index (χ3n) is 3.53. The first-order chi connectivity index (χ1) is 12.9. The lowest BCUT2D eigenvalue weighted by Crippen LogP contribution is -2.16. The molecule has 3 rings (SSSR count). The van der Waals surface area contributed by atoms with Crippen LogP contribution < -0.4 is 10.6 Å². The molecule has 5 nitrogen and oxygen atoms in total. The minimum atomic E-state index is -0.615. The van der Waals surface area contributed by atoms with Gasteiger partial charge in [0.05, 0.1) is 17.8 Å². The van der Waals surface area contributed by atoms with Crippen molar-refractivity contribution in [2.24, 2.45) is 0 Å². The molecule has 2 N–H and O–H groups in total. The first-order valence-electron chi connectivity index (χ1n) is 7.98. The number of hydrogen-bond acceptors (Lipinski definition) is 4. The van der Waals surface area contributed by atoms with E-state index in [0.29, 0.717) is 22.0 Å². The smallest absolute Gasteiger partial charge is 0.230 e. The number of thiazole rings is 1. The molecule has 0 spiro atoms. The molecule has 0 aliphatic rings. The van der Waals surface area contributed by atoms with Crippen molar-refractivity contribution in [3.8, 4) is 10.6 Å². The van der Waals surface area contributed by atoms with Crippen LogP contribution in [0.2, 0.25) is 0 Å². The summed E-state index contributed by atoms with van der Waals surface area (Å²) >= 11 is 1.29. The average molecular weight is 387 g/mol. The fraction of sp³-hybridized carbons (Fsp3) is 0.105. The molecule has 0 radical (unpaired) electrons. The van der Waals surface area contributed by atoms with E-state index < -0.39 is 11.7 Å². The number of anilines is 2. The molecule has 8 heteroatoms. The van der Waals surface area contributed by atoms with Crippen LogP contribution >= 0.6 is 11.3 Å². The van der Waals surface area contributed by atoms with Crippen LogP contribution in [0.4, 0.5) is 20.2 Å². The summed E-state index contributed by atoms with van der Waals surface area (Å²) in [5.74, 6) is -1.73. The molecule has 0 aliphatic carbocycles. The highest BCUT2D eigenvalue weighted by Gasteiger charge is 2.12. The predicted molar refractivity (Wildman–Crippen MR) is 101 cm³/mol. The fourth-order valence-corrected chi connectivity index (χ4v) is 3.22. The van der Waals surface area contributed by atoms with Gasteiger partial charge in [-0.1, -0.05) is 12.1 Å². The molecule has 2 amide bonds. The highest BCUT2D eigenvalue weighted by Crippen LogP contribution is 2.25. The van der Waals surface area contributed by atoms with Gasteiger partial charge >= 0.3 is 0 Å². The molecule has 1 aromatic heterocycles. The van der Waals surface area contributed by atoms with Crippen molar-refractivity contribution in [3.63, 3.8) is 0 Å². The summed E-state index contributed by atoms with van der Waals surface area (Å²) < 4.78 is 27.2. The van der Waals surface area contributed by atoms with Gasteiger partial charge in [-0.15, -0.1) is 11.3 Å². The van der Waals surface area contributed by atoms with Crippen molar-refractivity contribution < 1.29 is 18.4 Å². The highest BCUT2D eigenvalue weighted by molar-refractivity contribution is 7.13. The number of aromatic nitrogens is 1. The Morgan fingerprint density at radius 2 is 1.93 bits per heavy atom. The third kappa shape index (κ3) is 4.95. The third-order valence-corrected chi connectivity index (χ3v) is 4.47. The van der Waals surface area contributed by atoms with Crippen LogP contribution in [0.1, 0.15) is 12.6 Å². The molecular weight excluding hydrogens is 372 g/mol. The molecule has 0 aliphatic heterocycles. The number of carbonyl (C=O) groups excluding carboxylic acids is 2. The van der Waals surface area contributed by atoms with E-state index in [-0.39, 0.29) is 23.8 Å². The lowest BCUT2D eigenvalue weighted by Gasteiger charge is -2.08. The van der Waals surface area contributed by atoms with Gasteiger partial charge in [0.15, 0.2) is 0 Å². The van der Waals surface area contributed by atoms with E-state index >= 15 is 0 Å². The molecular formula is C19H15F2N3O2S. The molecule has 1 heterocycles. The van der Waals surface area contributed by atoms with E-state index in [1.54, 1.807) is 17.5 Å². The van der Waals surface area contributed by atoms with Gasteiger partial charge in [0.2, 0.25) is 11.8 Å². The van der Waals surface area contributed by atoms with Gasteiger partial charge < -0.3 is 10.6 Å². The van der Waals surface area contributed by atoms with Crippen LogP contribution in [0, 0.1) is 11.6 Å². The fourth-order valence-electron chi connectivity index (χ4n) is 2.40. The molecule has 0 bridgehead atoms. The summed E-state index contributed by atoms with van der Waals surface area (Å²) in [6.45, 7) is 1.33. The Bertz CT molecular complexity index is 1000. The van der Waals surface area contributed by atoms with E-state index in [1.165, 1.54) is 42.5 Å². The second kappa shape index (κ2) is 8.05. The average Bonchev–Trinajstić information content (AvgIpc) is 3.06. The number of amides is 2. The van der Waals surface area contributed by atoms with Gasteiger partial charge in [0.25, 0.3) is 0 Å². The van der Waals surface area contributed by atoms with E-state index in [4.69, 9.17) is 0 Å². The minimum absolute atomic E-state index is 0.0353. The number of nitrogens with zero attached hydrogens (tertiary/aromatic N) is 1. The number of carbonyl (C=O) groups is 2. The number of nitrogens with one attached hydrogen (secondary N) is 2. The summed E-state index contributed by atoms with van der Waals surface area (Å²) in [5, 5.41) is 7.29. The number of benzene rings is 2. The van der Waals surface area contributed by atoms with Crippen molar-refractivity contribution in [1.29, 1.82) is 0 Å². The van der Waals surface area contributed by atoms with Crippen LogP contribution in [0.5, 0.6) is 0 Å². The first kappa shape index (κ1) is 18.7. The van der Waals surface area contributed by atoms with Crippen molar-refractivity contribution >= 4 is 34.5 Å². The lowest BCUT2D eigenvalue weighted by molar-refractivity contribution is -0.116. The molecule has 27 heavy (non-hydrogen) atoms. The Labute approximate surface area is 158 Å². The Morgan fingerprint density at radius 1 is 1.11 bits per heavy atom. The largest absolute Gasteiger partial charge is 0.326 e. The summed E-state index contributed by atoms with van der Waals surface area (Å²) in [4.78, 5) is 27.6. The van der Waals surface area contributed by atoms with Crippen LogP contribution in [0.15, 0.2) is 47.8 Å². The summed E-state index contributed by atoms with van der Waals surface area (Å²) in [7, 11) is 0. The zero-order valence-corrected chi connectivity index (χ0v) is 15.1. The Morgan fingerprint density at radius 3 is 2.67 bits per heavy atom. The van der Waals surface area contributed by atoms with E-state index in [0.717, 1.165) is 6.07 Å². The Kier molecular flexibility index (Phi) is 5.56. The molecule has 0 saturated carbocycles. The predicted octanol–water partition coefficient (Wildman–Crippen LogP) is 4.23. The maximum Gasteiger partial charge on any atom is 0.230 e. The number of halogens is 2. The molecule has 3 aromatic rings. The SMILES string of the molecule is CC(=O)Nc1ccc(F)c(NC(=O)Cc2csc(-c3cccc(F)c3)n2)c1. The van der Waals surface area contributed by atoms with Crippen molar-refractivity contribution in [2.45, 2.75) is 13.3 Å². The second-order valence-electron chi connectivity index (χ2n) is 5.76. The lowest BCUT2D eigenvalue weighted by atomic mass is 10.2. The number of hydrogen-bond donors (Lipinski definition) is 2. The van der Waals surface area contributed by atoms with E-state index in [1.807, 2.05) is 0 Å². The molecule has 0 atom stereocenters. The maximum atomic E-state index is 13.9. The van der Waals surface area contributed by atoms with Crippen LogP contribution in [0.25, 0.3) is 10.6 Å². The van der Waals surface area contributed by atoms with Crippen LogP contribution in [0.3, 0.4) is 0 Å². The van der Waals surface area contributed by atoms with Crippen LogP contribution in [-0.2, 0) is 16.0 Å². The van der Waals surface area contributed by atoms with Crippen molar-refractivity contribution in [3.05, 3.63) is 65.2 Å². The maximum absolute atomic E-state index is 13.9. The molecule has 0 saturated heterocycles. The normalized spacial score (nSPS) is 10.5. The van der Waals surface area contributed by atoms with Gasteiger partial charge in [-0.25, -0.2) is 13.8 Å².